The van der Waals surface area contributed by atoms with Crippen LogP contribution in [0.5, 0.6) is 0 Å². The molecule has 6 rings (SSSR count). The molecule has 0 saturated carbocycles. The Morgan fingerprint density at radius 1 is 0.473 bits per heavy atom. The van der Waals surface area contributed by atoms with E-state index in [2.05, 4.69) is 145 Å². The van der Waals surface area contributed by atoms with E-state index in [1.54, 1.807) is 0 Å². The number of rotatable bonds is 10. The molecule has 2 unspecified atom stereocenters. The molecule has 4 atom stereocenters. The first kappa shape index (κ1) is 41.2. The molecule has 296 valence electrons. The molecule has 6 nitrogen and oxygen atoms in total. The van der Waals surface area contributed by atoms with Gasteiger partial charge in [-0.15, -0.1) is 0 Å². The molecule has 0 saturated heterocycles. The quantitative estimate of drug-likeness (QED) is 0.138. The van der Waals surface area contributed by atoms with Crippen molar-refractivity contribution >= 4 is 60.4 Å². The normalized spacial score (nSPS) is 14.3. The summed E-state index contributed by atoms with van der Waals surface area (Å²) in [5.41, 5.74) is 12.6. The highest BCUT2D eigenvalue weighted by molar-refractivity contribution is 7.32. The van der Waals surface area contributed by atoms with Gasteiger partial charge in [0, 0.05) is 39.1 Å². The Bertz CT molecular complexity index is 2270. The Morgan fingerprint density at radius 2 is 0.764 bits per heavy atom. The van der Waals surface area contributed by atoms with Crippen LogP contribution in [0.2, 0.25) is 0 Å². The summed E-state index contributed by atoms with van der Waals surface area (Å²) in [5, 5.41) is 4.28. The lowest BCUT2D eigenvalue weighted by molar-refractivity contribution is 0.184. The van der Waals surface area contributed by atoms with E-state index in [0.29, 0.717) is 6.42 Å². The lowest BCUT2D eigenvalue weighted by Crippen LogP contribution is -2.21. The first-order chi connectivity index (χ1) is 25.9. The fourth-order valence-electron chi connectivity index (χ4n) is 7.51. The molecule has 2 aromatic heterocycles. The van der Waals surface area contributed by atoms with Crippen LogP contribution in [0.4, 0.5) is 0 Å². The van der Waals surface area contributed by atoms with Crippen LogP contribution in [0.1, 0.15) is 134 Å². The maximum Gasteiger partial charge on any atom is 0.387 e. The van der Waals surface area contributed by atoms with Crippen molar-refractivity contribution < 1.29 is 25.8 Å². The maximum atomic E-state index is 6.85. The van der Waals surface area contributed by atoms with Crippen molar-refractivity contribution in [3.63, 3.8) is 0 Å². The van der Waals surface area contributed by atoms with Gasteiger partial charge in [-0.05, 0) is 122 Å². The van der Waals surface area contributed by atoms with Gasteiger partial charge in [-0.25, -0.2) is 0 Å². The molecule has 4 aromatic carbocycles. The zero-order valence-electron chi connectivity index (χ0n) is 35.7. The second-order valence-electron chi connectivity index (χ2n) is 17.4. The third-order valence-corrected chi connectivity index (χ3v) is 13.0. The summed E-state index contributed by atoms with van der Waals surface area (Å²) in [4.78, 5) is 0. The molecule has 2 heterocycles. The first-order valence-electron chi connectivity index (χ1n) is 20.2. The highest BCUT2D eigenvalue weighted by atomic mass is 31.1. The van der Waals surface area contributed by atoms with Crippen molar-refractivity contribution in [1.82, 2.24) is 0 Å². The largest absolute Gasteiger partial charge is 0.399 e. The summed E-state index contributed by atoms with van der Waals surface area (Å²) in [6.45, 7) is 30.6. The summed E-state index contributed by atoms with van der Waals surface area (Å²) >= 11 is 0. The summed E-state index contributed by atoms with van der Waals surface area (Å²) in [5.74, 6) is 0. The molecule has 0 aliphatic carbocycles. The molecule has 0 amide bonds. The minimum Gasteiger partial charge on any atom is -0.399 e. The molecule has 0 N–H and O–H groups in total. The fourth-order valence-corrected chi connectivity index (χ4v) is 9.99. The Labute approximate surface area is 330 Å². The maximum absolute atomic E-state index is 6.85. The predicted octanol–water partition coefficient (Wildman–Crippen LogP) is 15.1. The van der Waals surface area contributed by atoms with Gasteiger partial charge in [0.05, 0.1) is 12.2 Å². The SMILES string of the molecule is CCc1cc(C)c2op(O[C@H](C)C[C@@H](C)Op3oc4c(C)cc(CC)cc4c4cc(CC)cc(C(C)(C)C)c4o3)oc3c(C(C)(C)C)cc(CC)cc3c2c1. The van der Waals surface area contributed by atoms with E-state index in [1.165, 1.54) is 22.3 Å². The van der Waals surface area contributed by atoms with E-state index in [-0.39, 0.29) is 23.0 Å². The highest BCUT2D eigenvalue weighted by Gasteiger charge is 2.25. The van der Waals surface area contributed by atoms with E-state index >= 15 is 0 Å². The minimum atomic E-state index is -1.79. The molecule has 0 bridgehead atoms. The second kappa shape index (κ2) is 16.2. The van der Waals surface area contributed by atoms with Crippen LogP contribution >= 0.6 is 16.5 Å². The van der Waals surface area contributed by atoms with Gasteiger partial charge in [-0.2, -0.15) is 0 Å². The van der Waals surface area contributed by atoms with Crippen molar-refractivity contribution in [2.24, 2.45) is 0 Å². The van der Waals surface area contributed by atoms with E-state index in [1.807, 2.05) is 0 Å². The van der Waals surface area contributed by atoms with Gasteiger partial charge in [-0.3, -0.25) is 9.05 Å². The topological polar surface area (TPSA) is 71.0 Å². The average Bonchev–Trinajstić information content (AvgIpc) is 3.37. The monoisotopic (exact) mass is 784 g/mol. The Kier molecular flexibility index (Phi) is 12.2. The third-order valence-electron chi connectivity index (χ3n) is 10.7. The van der Waals surface area contributed by atoms with Crippen molar-refractivity contribution in [2.75, 3.05) is 0 Å². The number of aryl methyl sites for hydroxylation is 6. The van der Waals surface area contributed by atoms with Crippen LogP contribution < -0.4 is 9.05 Å². The molecular formula is C47H62O6P2. The van der Waals surface area contributed by atoms with Gasteiger partial charge in [-0.1, -0.05) is 93.5 Å². The molecule has 0 radical (unpaired) electrons. The van der Waals surface area contributed by atoms with Gasteiger partial charge in [0.25, 0.3) is 0 Å². The molecular weight excluding hydrogens is 722 g/mol. The minimum absolute atomic E-state index is 0.147. The van der Waals surface area contributed by atoms with Crippen molar-refractivity contribution in [3.8, 4) is 0 Å². The lowest BCUT2D eigenvalue weighted by Gasteiger charge is -2.21. The predicted molar refractivity (Wildman–Crippen MR) is 234 cm³/mol. The molecule has 8 heteroatoms. The zero-order valence-corrected chi connectivity index (χ0v) is 37.4. The van der Waals surface area contributed by atoms with E-state index < -0.39 is 16.5 Å². The van der Waals surface area contributed by atoms with Crippen LogP contribution in [0.25, 0.3) is 43.9 Å². The Morgan fingerprint density at radius 3 is 1.07 bits per heavy atom. The Hall–Kier alpha value is -3.40. The number of hydrogen-bond donors (Lipinski definition) is 0. The van der Waals surface area contributed by atoms with Crippen molar-refractivity contribution in [2.45, 2.75) is 152 Å². The van der Waals surface area contributed by atoms with Crippen molar-refractivity contribution in [1.29, 1.82) is 0 Å². The number of hydrogen-bond acceptors (Lipinski definition) is 6. The molecule has 0 spiro atoms. The van der Waals surface area contributed by atoms with Crippen LogP contribution in [-0.2, 0) is 36.5 Å². The van der Waals surface area contributed by atoms with Gasteiger partial charge >= 0.3 is 16.5 Å². The lowest BCUT2D eigenvalue weighted by atomic mass is 9.84. The smallest absolute Gasteiger partial charge is 0.387 e. The molecule has 0 aliphatic heterocycles. The average molecular weight is 785 g/mol. The van der Waals surface area contributed by atoms with Crippen LogP contribution in [-0.4, -0.2) is 12.2 Å². The molecule has 0 aliphatic rings. The summed E-state index contributed by atoms with van der Waals surface area (Å²) < 4.78 is 40.6. The first-order valence-corrected chi connectivity index (χ1v) is 22.4. The molecule has 0 fully saturated rings. The summed E-state index contributed by atoms with van der Waals surface area (Å²) in [7, 11) is -3.57. The zero-order chi connectivity index (χ0) is 40.0. The third kappa shape index (κ3) is 8.79. The molecule has 6 aromatic rings. The van der Waals surface area contributed by atoms with Crippen LogP contribution in [0.15, 0.2) is 65.3 Å². The van der Waals surface area contributed by atoms with Crippen LogP contribution in [0, 0.1) is 13.8 Å². The van der Waals surface area contributed by atoms with Gasteiger partial charge in [0.15, 0.2) is 0 Å². The van der Waals surface area contributed by atoms with Crippen LogP contribution in [0.3, 0.4) is 0 Å². The van der Waals surface area contributed by atoms with E-state index in [0.717, 1.165) is 91.8 Å². The van der Waals surface area contributed by atoms with E-state index in [9.17, 15) is 0 Å². The van der Waals surface area contributed by atoms with Gasteiger partial charge < -0.3 is 16.8 Å². The summed E-state index contributed by atoms with van der Waals surface area (Å²) in [6, 6.07) is 18.1. The Balaban J connectivity index is 1.42. The van der Waals surface area contributed by atoms with Gasteiger partial charge in [0.1, 0.15) is 22.3 Å². The van der Waals surface area contributed by atoms with Crippen molar-refractivity contribution in [3.05, 3.63) is 93.0 Å². The highest BCUT2D eigenvalue weighted by Crippen LogP contribution is 2.43. The van der Waals surface area contributed by atoms with E-state index in [4.69, 9.17) is 25.8 Å². The van der Waals surface area contributed by atoms with Gasteiger partial charge in [0.2, 0.25) is 0 Å². The second-order valence-corrected chi connectivity index (χ2v) is 19.5. The standard InChI is InChI=1S/C47H62O6P2/c1-15-32-19-28(5)42-36(22-32)38-24-34(17-3)26-40(46(9,10)11)44(38)52-54(50-42)48-30(7)21-31(8)49-55-51-43-29(6)20-33(16-2)23-37(43)39-25-35(18-4)27-41(45(39)53-55)47(12,13)14/h19-20,22-27,30-31H,15-18,21H2,1-14H3/t30-,31-,54?,55?/m1/s1. The summed E-state index contributed by atoms with van der Waals surface area (Å²) in [6.07, 6.45) is 3.83. The number of benzene rings is 4. The molecule has 55 heavy (non-hydrogen) atoms. The fraction of sp³-hybridized carbons (Fsp3) is 0.489. The number of fused-ring (bicyclic) bond motifs is 6.